The molecule has 35 heavy (non-hydrogen) atoms. The highest BCUT2D eigenvalue weighted by Gasteiger charge is 2.29. The van der Waals surface area contributed by atoms with Crippen LogP contribution in [0.5, 0.6) is 11.6 Å². The minimum Gasteiger partial charge on any atom is -0.439 e. The van der Waals surface area contributed by atoms with Gasteiger partial charge in [0, 0.05) is 19.6 Å². The van der Waals surface area contributed by atoms with E-state index in [1.54, 1.807) is 0 Å². The van der Waals surface area contributed by atoms with Gasteiger partial charge in [-0.1, -0.05) is 73.7 Å². The van der Waals surface area contributed by atoms with Gasteiger partial charge in [0.25, 0.3) is 0 Å². The second kappa shape index (κ2) is 10.9. The van der Waals surface area contributed by atoms with E-state index in [2.05, 4.69) is 24.0 Å². The standard InChI is InChI=1S/C30H33N3O2/c1-2-28-27(21-32(20-23-18-19-23)22-29(34)24-12-6-3-7-13-24)30(35-26-16-10-5-11-17-26)33(31-28)25-14-8-4-9-15-25/h3-17,23,29,34H,2,18-22H2,1H3/t29-/m0/s1. The molecule has 1 fully saturated rings. The highest BCUT2D eigenvalue weighted by molar-refractivity contribution is 5.43. The fraction of sp³-hybridized carbons (Fsp3) is 0.300. The van der Waals surface area contributed by atoms with Crippen LogP contribution in [0.25, 0.3) is 5.69 Å². The molecule has 0 unspecified atom stereocenters. The average molecular weight is 468 g/mol. The van der Waals surface area contributed by atoms with Crippen molar-refractivity contribution >= 4 is 0 Å². The quantitative estimate of drug-likeness (QED) is 0.286. The van der Waals surface area contributed by atoms with E-state index in [4.69, 9.17) is 9.84 Å². The molecule has 1 aromatic heterocycles. The van der Waals surface area contributed by atoms with Crippen LogP contribution in [0.2, 0.25) is 0 Å². The van der Waals surface area contributed by atoms with E-state index in [0.717, 1.165) is 47.1 Å². The summed E-state index contributed by atoms with van der Waals surface area (Å²) < 4.78 is 8.42. The first-order valence-corrected chi connectivity index (χ1v) is 12.6. The van der Waals surface area contributed by atoms with E-state index in [-0.39, 0.29) is 0 Å². The van der Waals surface area contributed by atoms with E-state index in [1.165, 1.54) is 12.8 Å². The van der Waals surface area contributed by atoms with Crippen LogP contribution in [0.3, 0.4) is 0 Å². The van der Waals surface area contributed by atoms with E-state index in [1.807, 2.05) is 83.5 Å². The summed E-state index contributed by atoms with van der Waals surface area (Å²) >= 11 is 0. The molecule has 3 aromatic carbocycles. The third-order valence-corrected chi connectivity index (χ3v) is 6.52. The van der Waals surface area contributed by atoms with Gasteiger partial charge in [0.2, 0.25) is 5.88 Å². The maximum Gasteiger partial charge on any atom is 0.227 e. The first-order chi connectivity index (χ1) is 17.2. The summed E-state index contributed by atoms with van der Waals surface area (Å²) in [4.78, 5) is 2.37. The number of para-hydroxylation sites is 2. The summed E-state index contributed by atoms with van der Waals surface area (Å²) in [6, 6.07) is 30.0. The maximum atomic E-state index is 11.0. The predicted octanol–water partition coefficient (Wildman–Crippen LogP) is 6.17. The molecule has 180 valence electrons. The zero-order valence-electron chi connectivity index (χ0n) is 20.3. The summed E-state index contributed by atoms with van der Waals surface area (Å²) in [7, 11) is 0. The van der Waals surface area contributed by atoms with Crippen molar-refractivity contribution in [2.45, 2.75) is 38.8 Å². The summed E-state index contributed by atoms with van der Waals surface area (Å²) in [6.45, 7) is 4.36. The Labute approximate surface area is 207 Å². The minimum atomic E-state index is -0.539. The Hall–Kier alpha value is -3.41. The van der Waals surface area contributed by atoms with Crippen molar-refractivity contribution in [3.05, 3.63) is 108 Å². The van der Waals surface area contributed by atoms with Crippen LogP contribution in [0.4, 0.5) is 0 Å². The number of aliphatic hydroxyl groups excluding tert-OH is 1. The van der Waals surface area contributed by atoms with Gasteiger partial charge in [0.15, 0.2) is 0 Å². The molecule has 1 N–H and O–H groups in total. The van der Waals surface area contributed by atoms with Crippen molar-refractivity contribution in [3.8, 4) is 17.3 Å². The van der Waals surface area contributed by atoms with Crippen LogP contribution in [-0.4, -0.2) is 32.9 Å². The van der Waals surface area contributed by atoms with Gasteiger partial charge in [-0.25, -0.2) is 4.68 Å². The average Bonchev–Trinajstić information content (AvgIpc) is 3.66. The maximum absolute atomic E-state index is 11.0. The SMILES string of the molecule is CCc1nn(-c2ccccc2)c(Oc2ccccc2)c1CN(CC1CC1)C[C@H](O)c1ccccc1. The fourth-order valence-electron chi connectivity index (χ4n) is 4.49. The molecule has 1 aliphatic rings. The van der Waals surface area contributed by atoms with Gasteiger partial charge in [-0.3, -0.25) is 4.90 Å². The number of nitrogens with zero attached hydrogens (tertiary/aromatic N) is 3. The Balaban J connectivity index is 1.50. The van der Waals surface area contributed by atoms with Crippen LogP contribution in [0.1, 0.15) is 42.7 Å². The molecule has 0 bridgehead atoms. The Morgan fingerprint density at radius 3 is 2.20 bits per heavy atom. The second-order valence-corrected chi connectivity index (χ2v) is 9.31. The molecule has 1 saturated carbocycles. The molecular formula is C30H33N3O2. The van der Waals surface area contributed by atoms with Gasteiger partial charge >= 0.3 is 0 Å². The van der Waals surface area contributed by atoms with Gasteiger partial charge in [-0.05, 0) is 55.0 Å². The lowest BCUT2D eigenvalue weighted by Gasteiger charge is -2.26. The number of rotatable bonds is 11. The van der Waals surface area contributed by atoms with Crippen LogP contribution >= 0.6 is 0 Å². The van der Waals surface area contributed by atoms with Crippen LogP contribution in [-0.2, 0) is 13.0 Å². The summed E-state index contributed by atoms with van der Waals surface area (Å²) in [5.74, 6) is 2.23. The minimum absolute atomic E-state index is 0.539. The highest BCUT2D eigenvalue weighted by atomic mass is 16.5. The Morgan fingerprint density at radius 1 is 0.943 bits per heavy atom. The van der Waals surface area contributed by atoms with Crippen molar-refractivity contribution in [2.75, 3.05) is 13.1 Å². The Kier molecular flexibility index (Phi) is 7.26. The lowest BCUT2D eigenvalue weighted by atomic mass is 10.1. The number of aromatic nitrogens is 2. The predicted molar refractivity (Wildman–Crippen MR) is 139 cm³/mol. The van der Waals surface area contributed by atoms with Crippen molar-refractivity contribution < 1.29 is 9.84 Å². The molecule has 0 amide bonds. The Bertz CT molecular complexity index is 1200. The van der Waals surface area contributed by atoms with Crippen LogP contribution in [0.15, 0.2) is 91.0 Å². The van der Waals surface area contributed by atoms with Crippen molar-refractivity contribution in [1.29, 1.82) is 0 Å². The van der Waals surface area contributed by atoms with Crippen molar-refractivity contribution in [2.24, 2.45) is 5.92 Å². The molecule has 0 spiro atoms. The number of hydrogen-bond acceptors (Lipinski definition) is 4. The first-order valence-electron chi connectivity index (χ1n) is 12.6. The van der Waals surface area contributed by atoms with Crippen LogP contribution < -0.4 is 4.74 Å². The summed E-state index contributed by atoms with van der Waals surface area (Å²) in [6.07, 6.45) is 2.78. The molecule has 1 heterocycles. The molecule has 0 saturated heterocycles. The van der Waals surface area contributed by atoms with Crippen molar-refractivity contribution in [1.82, 2.24) is 14.7 Å². The third-order valence-electron chi connectivity index (χ3n) is 6.52. The molecule has 4 aromatic rings. The van der Waals surface area contributed by atoms with Gasteiger partial charge in [0.1, 0.15) is 5.75 Å². The van der Waals surface area contributed by atoms with Gasteiger partial charge in [0.05, 0.1) is 23.0 Å². The number of benzene rings is 3. The molecule has 5 heteroatoms. The largest absolute Gasteiger partial charge is 0.439 e. The molecule has 1 atom stereocenters. The fourth-order valence-corrected chi connectivity index (χ4v) is 4.49. The first kappa shape index (κ1) is 23.3. The normalized spacial score (nSPS) is 14.3. The van der Waals surface area contributed by atoms with Crippen LogP contribution in [0, 0.1) is 5.92 Å². The Morgan fingerprint density at radius 2 is 1.57 bits per heavy atom. The highest BCUT2D eigenvalue weighted by Crippen LogP contribution is 2.35. The molecule has 0 aliphatic heterocycles. The van der Waals surface area contributed by atoms with E-state index >= 15 is 0 Å². The second-order valence-electron chi connectivity index (χ2n) is 9.31. The number of aliphatic hydroxyl groups is 1. The smallest absolute Gasteiger partial charge is 0.227 e. The summed E-state index contributed by atoms with van der Waals surface area (Å²) in [5.41, 5.74) is 4.03. The van der Waals surface area contributed by atoms with Crippen molar-refractivity contribution in [3.63, 3.8) is 0 Å². The number of aryl methyl sites for hydroxylation is 1. The zero-order chi connectivity index (χ0) is 24.0. The third kappa shape index (κ3) is 5.81. The van der Waals surface area contributed by atoms with E-state index < -0.39 is 6.10 Å². The van der Waals surface area contributed by atoms with E-state index in [0.29, 0.717) is 19.0 Å². The monoisotopic (exact) mass is 467 g/mol. The van der Waals surface area contributed by atoms with Gasteiger partial charge in [-0.2, -0.15) is 5.10 Å². The number of hydrogen-bond donors (Lipinski definition) is 1. The zero-order valence-corrected chi connectivity index (χ0v) is 20.3. The van der Waals surface area contributed by atoms with Gasteiger partial charge in [-0.15, -0.1) is 0 Å². The lowest BCUT2D eigenvalue weighted by molar-refractivity contribution is 0.105. The van der Waals surface area contributed by atoms with Gasteiger partial charge < -0.3 is 9.84 Å². The molecule has 1 aliphatic carbocycles. The molecule has 5 rings (SSSR count). The summed E-state index contributed by atoms with van der Waals surface area (Å²) in [5, 5.41) is 16.0. The van der Waals surface area contributed by atoms with E-state index in [9.17, 15) is 5.11 Å². The lowest BCUT2D eigenvalue weighted by Crippen LogP contribution is -2.30. The molecule has 0 radical (unpaired) electrons. The molecular weight excluding hydrogens is 434 g/mol. The topological polar surface area (TPSA) is 50.5 Å². The molecule has 5 nitrogen and oxygen atoms in total. The number of ether oxygens (including phenoxy) is 1.